The van der Waals surface area contributed by atoms with Crippen molar-refractivity contribution in [2.24, 2.45) is 0 Å². The van der Waals surface area contributed by atoms with E-state index in [0.29, 0.717) is 17.7 Å². The number of nitrogens with zero attached hydrogens (tertiary/aromatic N) is 3. The minimum absolute atomic E-state index is 0.00918. The van der Waals surface area contributed by atoms with Crippen molar-refractivity contribution in [3.05, 3.63) is 114 Å². The summed E-state index contributed by atoms with van der Waals surface area (Å²) in [5.41, 5.74) is 1.35. The van der Waals surface area contributed by atoms with Crippen molar-refractivity contribution in [1.29, 1.82) is 0 Å². The van der Waals surface area contributed by atoms with Gasteiger partial charge in [0.05, 0.1) is 0 Å². The van der Waals surface area contributed by atoms with Crippen LogP contribution < -0.4 is 31.2 Å². The van der Waals surface area contributed by atoms with Crippen LogP contribution in [-0.2, 0) is 26.3 Å². The first-order valence-electron chi connectivity index (χ1n) is 16.8. The minimum atomic E-state index is -4.37. The molecule has 3 aliphatic heterocycles. The molecule has 0 bridgehead atoms. The van der Waals surface area contributed by atoms with Crippen LogP contribution in [0.3, 0.4) is 0 Å². The van der Waals surface area contributed by atoms with Gasteiger partial charge in [-0.1, -0.05) is 0 Å². The Morgan fingerprint density at radius 3 is 2.54 bits per heavy atom. The van der Waals surface area contributed by atoms with Gasteiger partial charge in [0.25, 0.3) is 0 Å². The topological polar surface area (TPSA) is 162 Å². The zero-order valence-electron chi connectivity index (χ0n) is 28.0. The van der Waals surface area contributed by atoms with Crippen molar-refractivity contribution in [2.45, 2.75) is 38.0 Å². The molecule has 2 atom stereocenters. The molecule has 17 heteroatoms. The molecule has 2 aromatic heterocycles. The molecule has 0 spiro atoms. The van der Waals surface area contributed by atoms with Gasteiger partial charge in [-0.3, -0.25) is 4.72 Å². The van der Waals surface area contributed by atoms with Crippen LogP contribution in [0, 0.1) is 18.8 Å². The average molecular weight is 870 g/mol. The summed E-state index contributed by atoms with van der Waals surface area (Å²) >= 11 is -0.829. The van der Waals surface area contributed by atoms with Crippen LogP contribution in [0.2, 0.25) is 0 Å². The van der Waals surface area contributed by atoms with Gasteiger partial charge < -0.3 is 0 Å². The molecule has 0 aliphatic carbocycles. The Morgan fingerprint density at radius 1 is 1.00 bits per heavy atom. The molecular weight excluding hydrogens is 840 g/mol. The second-order valence-electron chi connectivity index (χ2n) is 13.1. The monoisotopic (exact) mass is 869 g/mol. The Bertz CT molecular complexity index is 2510. The fourth-order valence-electron chi connectivity index (χ4n) is 6.90. The van der Waals surface area contributed by atoms with Crippen LogP contribution in [0.15, 0.2) is 73.1 Å². The van der Waals surface area contributed by atoms with E-state index in [1.807, 2.05) is 47.2 Å². The number of carbonyl (C=O) groups is 4. The number of piperidine rings is 1. The number of aromatic amines is 1. The van der Waals surface area contributed by atoms with E-state index in [1.165, 1.54) is 11.1 Å². The third-order valence-corrected chi connectivity index (χ3v) is 14.0. The van der Waals surface area contributed by atoms with Gasteiger partial charge >= 0.3 is 264 Å². The summed E-state index contributed by atoms with van der Waals surface area (Å²) in [5.74, 6) is -4.68. The Morgan fingerprint density at radius 2 is 1.80 bits per heavy atom. The second-order valence-corrected chi connectivity index (χ2v) is 17.7. The average Bonchev–Trinajstić information content (AvgIpc) is 3.87. The Hall–Kier alpha value is -5.14. The Kier molecular flexibility index (Phi) is 9.25. The van der Waals surface area contributed by atoms with Gasteiger partial charge in [0.1, 0.15) is 6.17 Å². The van der Waals surface area contributed by atoms with E-state index in [-0.39, 0.29) is 54.2 Å². The van der Waals surface area contributed by atoms with E-state index in [1.54, 1.807) is 12.3 Å². The molecule has 12 nitrogen and oxygen atoms in total. The van der Waals surface area contributed by atoms with E-state index in [4.69, 9.17) is 0 Å². The molecule has 5 aromatic rings. The first-order chi connectivity index (χ1) is 25.9. The molecule has 2 saturated heterocycles. The van der Waals surface area contributed by atoms with E-state index >= 15 is 8.78 Å². The van der Waals surface area contributed by atoms with Crippen molar-refractivity contribution in [3.8, 4) is 11.1 Å². The number of H-pyrrole nitrogens is 1. The molecule has 3 amide bonds. The number of carbonyl (C=O) groups excluding carboxylic acids is 4. The molecule has 2 fully saturated rings. The van der Waals surface area contributed by atoms with Gasteiger partial charge in [-0.05, 0) is 12.5 Å². The van der Waals surface area contributed by atoms with Crippen LogP contribution in [0.1, 0.15) is 51.1 Å². The zero-order chi connectivity index (χ0) is 37.9. The molecule has 8 rings (SSSR count). The Balaban J connectivity index is 1.02. The summed E-state index contributed by atoms with van der Waals surface area (Å²) in [7, 11) is -4.37. The van der Waals surface area contributed by atoms with Gasteiger partial charge in [0, 0.05) is 13.1 Å². The first-order valence-corrected chi connectivity index (χ1v) is 20.4. The predicted molar refractivity (Wildman–Crippen MR) is 185 cm³/mol. The molecule has 3 N–H and O–H groups in total. The summed E-state index contributed by atoms with van der Waals surface area (Å²) in [4.78, 5) is 60.2. The molecule has 0 saturated carbocycles. The molecule has 0 radical (unpaired) electrons. The van der Waals surface area contributed by atoms with Crippen LogP contribution >= 0.6 is 0 Å². The SMILES string of the molecule is O=C1CCC(N2Cc3cccc([I-]c4ccc(-c5cnc6[nH]cc(C(=O)c7c(F)ccc(NS(=O)(=O)N8CC[C@@H](F)C8)c7F)c6c5)cc4)c3C2=O)C(=O)N1. The van der Waals surface area contributed by atoms with E-state index < -0.39 is 84.7 Å². The number of hydrogen-bond donors (Lipinski definition) is 3. The summed E-state index contributed by atoms with van der Waals surface area (Å²) in [5, 5.41) is 2.61. The zero-order valence-corrected chi connectivity index (χ0v) is 31.0. The number of ketones is 1. The molecular formula is C37H29F3IN6O6S-. The van der Waals surface area contributed by atoms with Gasteiger partial charge in [0.15, 0.2) is 0 Å². The number of fused-ring (bicyclic) bond motifs is 2. The standard InChI is InChI=1S/C37H29F3IN6O6S/c38-22-12-13-46(18-22)54(52,53)45-28-9-8-26(39)32(33(28)40)34(49)25-16-43-35-24(25)14-21(15-42-35)19-4-6-23(7-5-19)41-27-3-1-2-20-17-47(37(51)31(20)27)29-10-11-30(48)44-36(29)50/h1-9,14-16,22,29,45H,10-13,17-18H2,(H,42,43)(H,44,48,50)/q-1/t22-,29?/m1/s1. The van der Waals surface area contributed by atoms with Crippen molar-refractivity contribution in [2.75, 3.05) is 17.8 Å². The number of anilines is 1. The van der Waals surface area contributed by atoms with Gasteiger partial charge in [-0.25, -0.2) is 4.39 Å². The van der Waals surface area contributed by atoms with Gasteiger partial charge in [-0.2, -0.15) is 12.7 Å². The molecule has 5 heterocycles. The summed E-state index contributed by atoms with van der Waals surface area (Å²) in [6, 6.07) is 15.9. The van der Waals surface area contributed by atoms with Crippen LogP contribution in [0.4, 0.5) is 18.9 Å². The normalized spacial score (nSPS) is 19.1. The summed E-state index contributed by atoms with van der Waals surface area (Å²) in [6.45, 7) is -0.217. The fraction of sp³-hybridized carbons (Fsp3) is 0.216. The van der Waals surface area contributed by atoms with Crippen LogP contribution in [-0.4, -0.2) is 76.4 Å². The molecule has 1 unspecified atom stereocenters. The number of aromatic nitrogens is 2. The molecule has 3 aromatic carbocycles. The molecule has 54 heavy (non-hydrogen) atoms. The van der Waals surface area contributed by atoms with E-state index in [2.05, 4.69) is 15.3 Å². The number of amides is 3. The van der Waals surface area contributed by atoms with Crippen molar-refractivity contribution in [1.82, 2.24) is 24.5 Å². The number of rotatable bonds is 9. The van der Waals surface area contributed by atoms with Crippen LogP contribution in [0.25, 0.3) is 22.2 Å². The van der Waals surface area contributed by atoms with Gasteiger partial charge in [0.2, 0.25) is 0 Å². The Labute approximate surface area is 316 Å². The maximum atomic E-state index is 15.7. The van der Waals surface area contributed by atoms with Crippen molar-refractivity contribution in [3.63, 3.8) is 0 Å². The third kappa shape index (κ3) is 6.53. The fourth-order valence-corrected chi connectivity index (χ4v) is 10.8. The number of benzene rings is 3. The third-order valence-electron chi connectivity index (χ3n) is 9.66. The summed E-state index contributed by atoms with van der Waals surface area (Å²) < 4.78 is 74.6. The second kappa shape index (κ2) is 13.9. The number of alkyl halides is 1. The predicted octanol–water partition coefficient (Wildman–Crippen LogP) is 1.33. The molecule has 278 valence electrons. The quantitative estimate of drug-likeness (QED) is 0.115. The number of nitrogens with one attached hydrogen (secondary N) is 3. The maximum absolute atomic E-state index is 15.7. The van der Waals surface area contributed by atoms with Crippen molar-refractivity contribution < 1.29 is 62.0 Å². The number of hydrogen-bond acceptors (Lipinski definition) is 7. The summed E-state index contributed by atoms with van der Waals surface area (Å²) in [6.07, 6.45) is 1.95. The van der Waals surface area contributed by atoms with E-state index in [9.17, 15) is 32.0 Å². The van der Waals surface area contributed by atoms with Crippen molar-refractivity contribution >= 4 is 50.4 Å². The number of imide groups is 1. The number of halogens is 4. The number of pyridine rings is 1. The van der Waals surface area contributed by atoms with E-state index in [0.717, 1.165) is 34.7 Å². The van der Waals surface area contributed by atoms with Gasteiger partial charge in [-0.15, -0.1) is 0 Å². The first kappa shape index (κ1) is 35.9. The van der Waals surface area contributed by atoms with Crippen LogP contribution in [0.5, 0.6) is 0 Å². The molecule has 3 aliphatic rings.